The predicted molar refractivity (Wildman–Crippen MR) is 73.5 cm³/mol. The summed E-state index contributed by atoms with van der Waals surface area (Å²) in [6.45, 7) is 4.02. The molecule has 0 bridgehead atoms. The largest absolute Gasteiger partial charge is 0.297 e. The lowest BCUT2D eigenvalue weighted by Gasteiger charge is -2.16. The maximum absolute atomic E-state index is 5.76. The Bertz CT molecular complexity index is 478. The molecule has 0 aliphatic carbocycles. The Balaban J connectivity index is 1.95. The first kappa shape index (κ1) is 12.6. The molecular formula is C13H15ClN2S. The molecule has 90 valence electrons. The number of rotatable bonds is 4. The predicted octanol–water partition coefficient (Wildman–Crippen LogP) is 3.74. The van der Waals surface area contributed by atoms with Crippen LogP contribution in [0.15, 0.2) is 29.8 Å². The second kappa shape index (κ2) is 5.63. The van der Waals surface area contributed by atoms with Gasteiger partial charge in [0.25, 0.3) is 0 Å². The molecule has 0 atom stereocenters. The van der Waals surface area contributed by atoms with Gasteiger partial charge in [-0.2, -0.15) is 0 Å². The molecular weight excluding hydrogens is 252 g/mol. The van der Waals surface area contributed by atoms with Crippen LogP contribution in [0.4, 0.5) is 0 Å². The van der Waals surface area contributed by atoms with Gasteiger partial charge in [-0.3, -0.25) is 4.90 Å². The Morgan fingerprint density at radius 2 is 2.12 bits per heavy atom. The van der Waals surface area contributed by atoms with E-state index in [1.165, 1.54) is 16.0 Å². The van der Waals surface area contributed by atoms with Crippen molar-refractivity contribution in [3.63, 3.8) is 0 Å². The quantitative estimate of drug-likeness (QED) is 0.784. The van der Waals surface area contributed by atoms with Crippen molar-refractivity contribution in [3.05, 3.63) is 50.9 Å². The first-order valence-corrected chi connectivity index (χ1v) is 6.73. The van der Waals surface area contributed by atoms with Crippen molar-refractivity contribution in [2.75, 3.05) is 7.05 Å². The van der Waals surface area contributed by atoms with Gasteiger partial charge in [-0.1, -0.05) is 17.7 Å². The van der Waals surface area contributed by atoms with E-state index in [2.05, 4.69) is 35.3 Å². The molecule has 2 aromatic rings. The molecule has 0 radical (unpaired) electrons. The topological polar surface area (TPSA) is 16.1 Å². The van der Waals surface area contributed by atoms with Crippen molar-refractivity contribution >= 4 is 22.9 Å². The number of hydrogen-bond donors (Lipinski definition) is 0. The minimum absolute atomic E-state index is 0.547. The fourth-order valence-electron chi connectivity index (χ4n) is 1.68. The third-order valence-corrected chi connectivity index (χ3v) is 3.85. The third kappa shape index (κ3) is 3.53. The molecule has 0 aliphatic heterocycles. The summed E-state index contributed by atoms with van der Waals surface area (Å²) in [4.78, 5) is 7.80. The zero-order valence-electron chi connectivity index (χ0n) is 9.98. The molecule has 2 rings (SSSR count). The number of hydrogen-bond acceptors (Lipinski definition) is 3. The van der Waals surface area contributed by atoms with Crippen LogP contribution in [0.25, 0.3) is 0 Å². The average Bonchev–Trinajstić information content (AvgIpc) is 2.68. The smallest absolute Gasteiger partial charge is 0.129 e. The molecule has 0 amide bonds. The lowest BCUT2D eigenvalue weighted by Crippen LogP contribution is -2.17. The maximum Gasteiger partial charge on any atom is 0.129 e. The monoisotopic (exact) mass is 266 g/mol. The van der Waals surface area contributed by atoms with Gasteiger partial charge in [-0.25, -0.2) is 4.98 Å². The second-order valence-corrected chi connectivity index (χ2v) is 5.58. The van der Waals surface area contributed by atoms with E-state index in [4.69, 9.17) is 11.6 Å². The van der Waals surface area contributed by atoms with E-state index in [0.29, 0.717) is 5.15 Å². The number of aryl methyl sites for hydroxylation is 1. The van der Waals surface area contributed by atoms with Crippen LogP contribution in [-0.2, 0) is 13.1 Å². The highest BCUT2D eigenvalue weighted by molar-refractivity contribution is 7.10. The van der Waals surface area contributed by atoms with Crippen molar-refractivity contribution in [1.29, 1.82) is 0 Å². The van der Waals surface area contributed by atoms with E-state index < -0.39 is 0 Å². The van der Waals surface area contributed by atoms with Crippen LogP contribution >= 0.6 is 22.9 Å². The number of aromatic nitrogens is 1. The highest BCUT2D eigenvalue weighted by atomic mass is 35.5. The van der Waals surface area contributed by atoms with Crippen LogP contribution in [-0.4, -0.2) is 16.9 Å². The van der Waals surface area contributed by atoms with Crippen molar-refractivity contribution < 1.29 is 0 Å². The maximum atomic E-state index is 5.76. The zero-order valence-corrected chi connectivity index (χ0v) is 11.6. The summed E-state index contributed by atoms with van der Waals surface area (Å²) < 4.78 is 0. The Labute approximate surface area is 111 Å². The highest BCUT2D eigenvalue weighted by Crippen LogP contribution is 2.18. The molecule has 0 fully saturated rings. The normalized spacial score (nSPS) is 11.1. The highest BCUT2D eigenvalue weighted by Gasteiger charge is 2.05. The summed E-state index contributed by atoms with van der Waals surface area (Å²) in [6, 6.07) is 6.02. The Morgan fingerprint density at radius 1 is 1.29 bits per heavy atom. The molecule has 2 heterocycles. The minimum Gasteiger partial charge on any atom is -0.297 e. The molecule has 17 heavy (non-hydrogen) atoms. The standard InChI is InChI=1S/C13H15ClN2S/c1-10-5-6-17-12(10)9-16(2)8-11-3-4-13(14)15-7-11/h3-7H,8-9H2,1-2H3. The van der Waals surface area contributed by atoms with E-state index in [1.54, 1.807) is 0 Å². The van der Waals surface area contributed by atoms with Crippen molar-refractivity contribution in [3.8, 4) is 0 Å². The van der Waals surface area contributed by atoms with Gasteiger partial charge in [0.05, 0.1) is 0 Å². The van der Waals surface area contributed by atoms with Crippen LogP contribution in [0.2, 0.25) is 5.15 Å². The Kier molecular flexibility index (Phi) is 4.15. The lowest BCUT2D eigenvalue weighted by atomic mass is 10.2. The number of nitrogens with zero attached hydrogens (tertiary/aromatic N) is 2. The number of thiophene rings is 1. The van der Waals surface area contributed by atoms with Crippen LogP contribution in [0.3, 0.4) is 0 Å². The fraction of sp³-hybridized carbons (Fsp3) is 0.308. The van der Waals surface area contributed by atoms with Crippen LogP contribution < -0.4 is 0 Å². The van der Waals surface area contributed by atoms with Crippen molar-refractivity contribution in [2.24, 2.45) is 0 Å². The first-order chi connectivity index (χ1) is 8.15. The zero-order chi connectivity index (χ0) is 12.3. The third-order valence-electron chi connectivity index (χ3n) is 2.62. The lowest BCUT2D eigenvalue weighted by molar-refractivity contribution is 0.321. The van der Waals surface area contributed by atoms with Gasteiger partial charge in [-0.05, 0) is 42.6 Å². The summed E-state index contributed by atoms with van der Waals surface area (Å²) in [6.07, 6.45) is 1.83. The van der Waals surface area contributed by atoms with Gasteiger partial charge in [0.1, 0.15) is 5.15 Å². The van der Waals surface area contributed by atoms with Gasteiger partial charge >= 0.3 is 0 Å². The van der Waals surface area contributed by atoms with Gasteiger partial charge < -0.3 is 0 Å². The van der Waals surface area contributed by atoms with E-state index in [9.17, 15) is 0 Å². The first-order valence-electron chi connectivity index (χ1n) is 5.47. The average molecular weight is 267 g/mol. The van der Waals surface area contributed by atoms with Crippen molar-refractivity contribution in [2.45, 2.75) is 20.0 Å². The van der Waals surface area contributed by atoms with E-state index in [0.717, 1.165) is 13.1 Å². The van der Waals surface area contributed by atoms with Crippen LogP contribution in [0.1, 0.15) is 16.0 Å². The SMILES string of the molecule is Cc1ccsc1CN(C)Cc1ccc(Cl)nc1. The van der Waals surface area contributed by atoms with Gasteiger partial charge in [0.2, 0.25) is 0 Å². The summed E-state index contributed by atoms with van der Waals surface area (Å²) in [5.74, 6) is 0. The molecule has 0 unspecified atom stereocenters. The summed E-state index contributed by atoms with van der Waals surface area (Å²) >= 11 is 7.57. The summed E-state index contributed by atoms with van der Waals surface area (Å²) in [5.41, 5.74) is 2.56. The molecule has 0 spiro atoms. The van der Waals surface area contributed by atoms with E-state index in [-0.39, 0.29) is 0 Å². The van der Waals surface area contributed by atoms with Gasteiger partial charge in [0, 0.05) is 24.2 Å². The molecule has 0 saturated heterocycles. The van der Waals surface area contributed by atoms with Crippen LogP contribution in [0.5, 0.6) is 0 Å². The Morgan fingerprint density at radius 3 is 2.71 bits per heavy atom. The molecule has 0 aliphatic rings. The van der Waals surface area contributed by atoms with Crippen LogP contribution in [0, 0.1) is 6.92 Å². The van der Waals surface area contributed by atoms with Gasteiger partial charge in [0.15, 0.2) is 0 Å². The number of pyridine rings is 1. The van der Waals surface area contributed by atoms with E-state index >= 15 is 0 Å². The second-order valence-electron chi connectivity index (χ2n) is 4.19. The molecule has 2 nitrogen and oxygen atoms in total. The molecule has 0 N–H and O–H groups in total. The minimum atomic E-state index is 0.547. The summed E-state index contributed by atoms with van der Waals surface area (Å²) in [7, 11) is 2.12. The Hall–Kier alpha value is -0.900. The van der Waals surface area contributed by atoms with Crippen molar-refractivity contribution in [1.82, 2.24) is 9.88 Å². The molecule has 2 aromatic heterocycles. The fourth-order valence-corrected chi connectivity index (χ4v) is 2.78. The molecule has 4 heteroatoms. The summed E-state index contributed by atoms with van der Waals surface area (Å²) in [5, 5.41) is 2.69. The number of halogens is 1. The van der Waals surface area contributed by atoms with E-state index in [1.807, 2.05) is 29.7 Å². The van der Waals surface area contributed by atoms with Gasteiger partial charge in [-0.15, -0.1) is 11.3 Å². The molecule has 0 saturated carbocycles. The molecule has 0 aromatic carbocycles.